The Morgan fingerprint density at radius 2 is 1.77 bits per heavy atom. The zero-order valence-electron chi connectivity index (χ0n) is 18.0. The summed E-state index contributed by atoms with van der Waals surface area (Å²) in [6.07, 6.45) is 3.18. The van der Waals surface area contributed by atoms with E-state index < -0.39 is 6.10 Å². The third-order valence-electron chi connectivity index (χ3n) is 6.65. The van der Waals surface area contributed by atoms with Crippen LogP contribution in [-0.4, -0.2) is 89.5 Å². The number of rotatable bonds is 6. The summed E-state index contributed by atoms with van der Waals surface area (Å²) in [6, 6.07) is 5.70. The van der Waals surface area contributed by atoms with E-state index in [0.717, 1.165) is 24.2 Å². The number of anilines is 2. The molecule has 0 aliphatic carbocycles. The van der Waals surface area contributed by atoms with Crippen LogP contribution in [0.1, 0.15) is 42.5 Å². The first-order valence-corrected chi connectivity index (χ1v) is 11.2. The van der Waals surface area contributed by atoms with Crippen LogP contribution in [0.15, 0.2) is 18.2 Å². The number of likely N-dealkylation sites (tertiary alicyclic amines) is 1. The maximum atomic E-state index is 13.2. The third kappa shape index (κ3) is 4.72. The van der Waals surface area contributed by atoms with Gasteiger partial charge >= 0.3 is 6.03 Å². The molecule has 2 bridgehead atoms. The zero-order chi connectivity index (χ0) is 22.0. The summed E-state index contributed by atoms with van der Waals surface area (Å²) >= 11 is 0. The summed E-state index contributed by atoms with van der Waals surface area (Å²) in [5, 5.41) is 28.8. The Labute approximate surface area is 182 Å². The number of nitrogens with zero attached hydrogens (tertiary/aromatic N) is 2. The summed E-state index contributed by atoms with van der Waals surface area (Å²) in [7, 11) is 1.82. The number of aliphatic hydroxyl groups excluding tert-OH is 2. The first-order chi connectivity index (χ1) is 15.0. The van der Waals surface area contributed by atoms with Gasteiger partial charge in [-0.25, -0.2) is 4.79 Å². The molecule has 3 saturated heterocycles. The quantitative estimate of drug-likeness (QED) is 0.430. The molecule has 5 N–H and O–H groups in total. The minimum atomic E-state index is -0.423. The van der Waals surface area contributed by atoms with Gasteiger partial charge in [0.15, 0.2) is 0 Å². The van der Waals surface area contributed by atoms with Crippen LogP contribution < -0.4 is 16.0 Å². The van der Waals surface area contributed by atoms with Crippen LogP contribution in [0.3, 0.4) is 0 Å². The summed E-state index contributed by atoms with van der Waals surface area (Å²) in [5.74, 6) is 0.0301. The molecule has 3 aliphatic heterocycles. The molecule has 9 nitrogen and oxygen atoms in total. The third-order valence-corrected chi connectivity index (χ3v) is 6.65. The molecule has 31 heavy (non-hydrogen) atoms. The van der Waals surface area contributed by atoms with E-state index in [1.165, 1.54) is 0 Å². The highest BCUT2D eigenvalue weighted by atomic mass is 16.3. The van der Waals surface area contributed by atoms with Crippen molar-refractivity contribution in [2.24, 2.45) is 0 Å². The van der Waals surface area contributed by atoms with E-state index in [9.17, 15) is 19.8 Å². The standard InChI is InChI=1S/C22H33N5O4/c1-23-20-10-14(21(30)27-15-3-4-16(27)12-18(29)11-15)2-5-19(20)24-7-8-25-22(31)26-9-6-17(28)13-26/h2,5,10,15-18,23-24,28-29H,3-4,6-9,11-13H2,1H3,(H,25,31). The lowest BCUT2D eigenvalue weighted by molar-refractivity contribution is 0.0287. The van der Waals surface area contributed by atoms with Crippen LogP contribution in [0.5, 0.6) is 0 Å². The van der Waals surface area contributed by atoms with Crippen molar-refractivity contribution in [2.45, 2.75) is 56.4 Å². The highest BCUT2D eigenvalue weighted by molar-refractivity contribution is 5.97. The molecule has 3 heterocycles. The molecule has 0 aromatic heterocycles. The minimum Gasteiger partial charge on any atom is -0.393 e. The molecular weight excluding hydrogens is 398 g/mol. The van der Waals surface area contributed by atoms with Crippen LogP contribution >= 0.6 is 0 Å². The molecule has 4 rings (SSSR count). The van der Waals surface area contributed by atoms with Gasteiger partial charge in [0, 0.05) is 50.9 Å². The lowest BCUT2D eigenvalue weighted by Crippen LogP contribution is -2.48. The van der Waals surface area contributed by atoms with E-state index in [2.05, 4.69) is 16.0 Å². The Bertz CT molecular complexity index is 805. The molecule has 170 valence electrons. The molecule has 3 aliphatic rings. The van der Waals surface area contributed by atoms with Gasteiger partial charge in [0.25, 0.3) is 5.91 Å². The maximum absolute atomic E-state index is 13.2. The SMILES string of the molecule is CNc1cc(C(=O)N2C3CCC2CC(O)C3)ccc1NCCNC(=O)N1CCC(O)C1. The molecule has 3 fully saturated rings. The number of nitrogens with one attached hydrogen (secondary N) is 3. The Morgan fingerprint density at radius 3 is 2.42 bits per heavy atom. The largest absolute Gasteiger partial charge is 0.393 e. The van der Waals surface area contributed by atoms with Crippen molar-refractivity contribution in [1.82, 2.24) is 15.1 Å². The predicted octanol–water partition coefficient (Wildman–Crippen LogP) is 1.04. The van der Waals surface area contributed by atoms with Gasteiger partial charge in [-0.1, -0.05) is 0 Å². The lowest BCUT2D eigenvalue weighted by Gasteiger charge is -2.37. The summed E-state index contributed by atoms with van der Waals surface area (Å²) in [4.78, 5) is 28.8. The molecule has 1 aromatic carbocycles. The smallest absolute Gasteiger partial charge is 0.317 e. The van der Waals surface area contributed by atoms with Crippen LogP contribution in [0.2, 0.25) is 0 Å². The van der Waals surface area contributed by atoms with Crippen LogP contribution in [0, 0.1) is 0 Å². The van der Waals surface area contributed by atoms with Crippen molar-refractivity contribution in [3.63, 3.8) is 0 Å². The van der Waals surface area contributed by atoms with E-state index in [4.69, 9.17) is 0 Å². The molecular formula is C22H33N5O4. The molecule has 3 unspecified atom stereocenters. The number of benzene rings is 1. The Hall–Kier alpha value is -2.52. The second kappa shape index (κ2) is 9.32. The number of hydrogen-bond acceptors (Lipinski definition) is 6. The van der Waals surface area contributed by atoms with E-state index in [-0.39, 0.29) is 30.1 Å². The molecule has 3 atom stereocenters. The van der Waals surface area contributed by atoms with Crippen molar-refractivity contribution in [2.75, 3.05) is 43.9 Å². The summed E-state index contributed by atoms with van der Waals surface area (Å²) < 4.78 is 0. The van der Waals surface area contributed by atoms with Gasteiger partial charge in [0.2, 0.25) is 0 Å². The first kappa shape index (κ1) is 21.7. The Balaban J connectivity index is 1.32. The number of piperidine rings is 1. The molecule has 0 radical (unpaired) electrons. The number of carbonyl (C=O) groups excluding carboxylic acids is 2. The van der Waals surface area contributed by atoms with E-state index in [1.807, 2.05) is 30.1 Å². The van der Waals surface area contributed by atoms with E-state index in [1.54, 1.807) is 4.90 Å². The van der Waals surface area contributed by atoms with Crippen LogP contribution in [-0.2, 0) is 0 Å². The van der Waals surface area contributed by atoms with Crippen LogP contribution in [0.25, 0.3) is 0 Å². The van der Waals surface area contributed by atoms with E-state index >= 15 is 0 Å². The molecule has 0 saturated carbocycles. The second-order valence-corrected chi connectivity index (χ2v) is 8.78. The average molecular weight is 432 g/mol. The van der Waals surface area contributed by atoms with Crippen molar-refractivity contribution >= 4 is 23.3 Å². The minimum absolute atomic E-state index is 0.0301. The fourth-order valence-electron chi connectivity index (χ4n) is 5.07. The van der Waals surface area contributed by atoms with Gasteiger partial charge in [-0.15, -0.1) is 0 Å². The van der Waals surface area contributed by atoms with Gasteiger partial charge in [-0.05, 0) is 50.3 Å². The number of carbonyl (C=O) groups is 2. The van der Waals surface area contributed by atoms with Crippen molar-refractivity contribution in [1.29, 1.82) is 0 Å². The zero-order valence-corrected chi connectivity index (χ0v) is 18.0. The van der Waals surface area contributed by atoms with Crippen molar-refractivity contribution in [3.8, 4) is 0 Å². The van der Waals surface area contributed by atoms with Crippen molar-refractivity contribution < 1.29 is 19.8 Å². The number of fused-ring (bicyclic) bond motifs is 2. The highest BCUT2D eigenvalue weighted by Crippen LogP contribution is 2.37. The highest BCUT2D eigenvalue weighted by Gasteiger charge is 2.43. The maximum Gasteiger partial charge on any atom is 0.317 e. The fraction of sp³-hybridized carbons (Fsp3) is 0.636. The first-order valence-electron chi connectivity index (χ1n) is 11.2. The molecule has 9 heteroatoms. The van der Waals surface area contributed by atoms with Crippen LogP contribution in [0.4, 0.5) is 16.2 Å². The number of aliphatic hydroxyl groups is 2. The predicted molar refractivity (Wildman–Crippen MR) is 118 cm³/mol. The second-order valence-electron chi connectivity index (χ2n) is 8.78. The summed E-state index contributed by atoms with van der Waals surface area (Å²) in [5.41, 5.74) is 2.33. The van der Waals surface area contributed by atoms with Gasteiger partial charge in [0.1, 0.15) is 0 Å². The van der Waals surface area contributed by atoms with Gasteiger partial charge in [-0.2, -0.15) is 0 Å². The number of β-amino-alcohol motifs (C(OH)–C–C–N with tert-alkyl or cyclic N) is 1. The number of hydrogen-bond donors (Lipinski definition) is 5. The normalized spacial score (nSPS) is 27.3. The van der Waals surface area contributed by atoms with E-state index in [0.29, 0.717) is 51.0 Å². The number of urea groups is 1. The molecule has 0 spiro atoms. The molecule has 3 amide bonds. The Kier molecular flexibility index (Phi) is 6.52. The lowest BCUT2D eigenvalue weighted by atomic mass is 9.98. The van der Waals surface area contributed by atoms with Crippen molar-refractivity contribution in [3.05, 3.63) is 23.8 Å². The number of amides is 3. The summed E-state index contributed by atoms with van der Waals surface area (Å²) in [6.45, 7) is 1.96. The molecule has 1 aromatic rings. The topological polar surface area (TPSA) is 117 Å². The Morgan fingerprint density at radius 1 is 1.03 bits per heavy atom. The van der Waals surface area contributed by atoms with Gasteiger partial charge in [-0.3, -0.25) is 4.79 Å². The monoisotopic (exact) mass is 431 g/mol. The van der Waals surface area contributed by atoms with Gasteiger partial charge < -0.3 is 36.0 Å². The average Bonchev–Trinajstić information content (AvgIpc) is 3.31. The fourth-order valence-corrected chi connectivity index (χ4v) is 5.07. The van der Waals surface area contributed by atoms with Gasteiger partial charge in [0.05, 0.1) is 23.6 Å².